The third-order valence-electron chi connectivity index (χ3n) is 2.35. The number of benzene rings is 1. The van der Waals surface area contributed by atoms with E-state index in [2.05, 4.69) is 15.3 Å². The summed E-state index contributed by atoms with van der Waals surface area (Å²) in [6.07, 6.45) is 0. The van der Waals surface area contributed by atoms with Crippen molar-refractivity contribution in [2.45, 2.75) is 6.54 Å². The number of hydrogen-bond acceptors (Lipinski definition) is 5. The molecular weight excluding hydrogens is 235 g/mol. The van der Waals surface area contributed by atoms with Crippen LogP contribution in [0.2, 0.25) is 0 Å². The van der Waals surface area contributed by atoms with Gasteiger partial charge in [0.15, 0.2) is 0 Å². The van der Waals surface area contributed by atoms with Crippen molar-refractivity contribution >= 4 is 11.8 Å². The van der Waals surface area contributed by atoms with Crippen LogP contribution in [0.3, 0.4) is 0 Å². The molecule has 0 aliphatic rings. The Morgan fingerprint density at radius 3 is 2.83 bits per heavy atom. The molecule has 0 aliphatic carbocycles. The minimum Gasteiger partial charge on any atom is -0.481 e. The van der Waals surface area contributed by atoms with Crippen molar-refractivity contribution in [3.63, 3.8) is 0 Å². The number of aromatic nitrogens is 2. The Morgan fingerprint density at radius 2 is 2.11 bits per heavy atom. The Bertz CT molecular complexity index is 547. The predicted octanol–water partition coefficient (Wildman–Crippen LogP) is 1.82. The number of rotatable bonds is 4. The molecule has 0 unspecified atom stereocenters. The third-order valence-corrected chi connectivity index (χ3v) is 2.35. The molecule has 94 valence electrons. The molecule has 0 saturated heterocycles. The van der Waals surface area contributed by atoms with Crippen LogP contribution in [0.4, 0.5) is 16.2 Å². The zero-order valence-electron chi connectivity index (χ0n) is 9.85. The highest BCUT2D eigenvalue weighted by atomic mass is 19.1. The zero-order chi connectivity index (χ0) is 13.0. The van der Waals surface area contributed by atoms with E-state index in [9.17, 15) is 4.39 Å². The molecule has 18 heavy (non-hydrogen) atoms. The number of nitrogens with zero attached hydrogens (tertiary/aromatic N) is 2. The SMILES string of the molecule is COc1cc(NCc2ccccc2F)nc(N)n1. The maximum atomic E-state index is 13.4. The van der Waals surface area contributed by atoms with Gasteiger partial charge in [-0.05, 0) is 6.07 Å². The van der Waals surface area contributed by atoms with Crippen LogP contribution in [0.25, 0.3) is 0 Å². The van der Waals surface area contributed by atoms with Crippen LogP contribution < -0.4 is 15.8 Å². The Kier molecular flexibility index (Phi) is 3.57. The first-order valence-electron chi connectivity index (χ1n) is 5.35. The lowest BCUT2D eigenvalue weighted by atomic mass is 10.2. The molecule has 3 N–H and O–H groups in total. The summed E-state index contributed by atoms with van der Waals surface area (Å²) in [6.45, 7) is 0.312. The number of ether oxygens (including phenoxy) is 1. The fourth-order valence-electron chi connectivity index (χ4n) is 1.47. The summed E-state index contributed by atoms with van der Waals surface area (Å²) in [6, 6.07) is 8.12. The molecule has 0 amide bonds. The van der Waals surface area contributed by atoms with Gasteiger partial charge in [0.2, 0.25) is 11.8 Å². The molecule has 2 rings (SSSR count). The lowest BCUT2D eigenvalue weighted by Crippen LogP contribution is -2.06. The number of methoxy groups -OCH3 is 1. The van der Waals surface area contributed by atoms with Crippen LogP contribution >= 0.6 is 0 Å². The first kappa shape index (κ1) is 12.1. The van der Waals surface area contributed by atoms with Gasteiger partial charge in [-0.25, -0.2) is 4.39 Å². The van der Waals surface area contributed by atoms with Gasteiger partial charge in [0.1, 0.15) is 11.6 Å². The van der Waals surface area contributed by atoms with Gasteiger partial charge in [0.25, 0.3) is 0 Å². The lowest BCUT2D eigenvalue weighted by molar-refractivity contribution is 0.398. The molecule has 0 atom stereocenters. The van der Waals surface area contributed by atoms with Gasteiger partial charge >= 0.3 is 0 Å². The molecule has 1 aromatic carbocycles. The van der Waals surface area contributed by atoms with E-state index in [1.807, 2.05) is 0 Å². The third kappa shape index (κ3) is 2.85. The van der Waals surface area contributed by atoms with Crippen molar-refractivity contribution in [3.05, 3.63) is 41.7 Å². The van der Waals surface area contributed by atoms with E-state index in [0.717, 1.165) is 0 Å². The highest BCUT2D eigenvalue weighted by Gasteiger charge is 2.04. The van der Waals surface area contributed by atoms with Crippen molar-refractivity contribution in [2.24, 2.45) is 0 Å². The second-order valence-electron chi connectivity index (χ2n) is 3.60. The fourth-order valence-corrected chi connectivity index (χ4v) is 1.47. The standard InChI is InChI=1S/C12H13FN4O/c1-18-11-6-10(16-12(14)17-11)15-7-8-4-2-3-5-9(8)13/h2-6H,7H2,1H3,(H3,14,15,16,17). The smallest absolute Gasteiger partial charge is 0.225 e. The van der Waals surface area contributed by atoms with Gasteiger partial charge in [-0.1, -0.05) is 18.2 Å². The van der Waals surface area contributed by atoms with E-state index < -0.39 is 0 Å². The summed E-state index contributed by atoms with van der Waals surface area (Å²) >= 11 is 0. The average Bonchev–Trinajstić information content (AvgIpc) is 2.37. The Labute approximate surface area is 104 Å². The van der Waals surface area contributed by atoms with Crippen molar-refractivity contribution in [3.8, 4) is 5.88 Å². The van der Waals surface area contributed by atoms with Crippen LogP contribution in [0.5, 0.6) is 5.88 Å². The molecule has 6 heteroatoms. The normalized spacial score (nSPS) is 10.1. The minimum absolute atomic E-state index is 0.102. The number of nitrogens with one attached hydrogen (secondary N) is 1. The van der Waals surface area contributed by atoms with Crippen molar-refractivity contribution < 1.29 is 9.13 Å². The highest BCUT2D eigenvalue weighted by Crippen LogP contribution is 2.15. The van der Waals surface area contributed by atoms with E-state index in [4.69, 9.17) is 10.5 Å². The summed E-state index contributed by atoms with van der Waals surface area (Å²) in [5, 5.41) is 2.97. The number of nitrogens with two attached hydrogens (primary N) is 1. The topological polar surface area (TPSA) is 73.1 Å². The Hall–Kier alpha value is -2.37. The van der Waals surface area contributed by atoms with Crippen molar-refractivity contribution in [1.29, 1.82) is 0 Å². The van der Waals surface area contributed by atoms with Crippen molar-refractivity contribution in [1.82, 2.24) is 9.97 Å². The number of hydrogen-bond donors (Lipinski definition) is 2. The largest absolute Gasteiger partial charge is 0.481 e. The number of nitrogen functional groups attached to an aromatic ring is 1. The monoisotopic (exact) mass is 248 g/mol. The number of anilines is 2. The molecule has 1 aromatic heterocycles. The second kappa shape index (κ2) is 5.31. The maximum Gasteiger partial charge on any atom is 0.225 e. The first-order valence-corrected chi connectivity index (χ1v) is 5.35. The second-order valence-corrected chi connectivity index (χ2v) is 3.60. The van der Waals surface area contributed by atoms with Gasteiger partial charge in [-0.15, -0.1) is 0 Å². The van der Waals surface area contributed by atoms with Crippen molar-refractivity contribution in [2.75, 3.05) is 18.2 Å². The molecular formula is C12H13FN4O. The summed E-state index contributed by atoms with van der Waals surface area (Å²) in [5.41, 5.74) is 6.07. The molecule has 1 heterocycles. The van der Waals surface area contributed by atoms with Gasteiger partial charge in [-0.3, -0.25) is 0 Å². The van der Waals surface area contributed by atoms with E-state index in [-0.39, 0.29) is 11.8 Å². The molecule has 0 saturated carbocycles. The lowest BCUT2D eigenvalue weighted by Gasteiger charge is -2.08. The van der Waals surface area contributed by atoms with Crippen LogP contribution in [0.15, 0.2) is 30.3 Å². The van der Waals surface area contributed by atoms with E-state index >= 15 is 0 Å². The quantitative estimate of drug-likeness (QED) is 0.863. The van der Waals surface area contributed by atoms with Crippen LogP contribution in [0.1, 0.15) is 5.56 Å². The summed E-state index contributed by atoms with van der Waals surface area (Å²) in [7, 11) is 1.49. The first-order chi connectivity index (χ1) is 8.69. The molecule has 0 fully saturated rings. The average molecular weight is 248 g/mol. The zero-order valence-corrected chi connectivity index (χ0v) is 9.85. The van der Waals surface area contributed by atoms with E-state index in [1.54, 1.807) is 24.3 Å². The van der Waals surface area contributed by atoms with Gasteiger partial charge in [0, 0.05) is 18.2 Å². The summed E-state index contributed by atoms with van der Waals surface area (Å²) in [4.78, 5) is 7.83. The van der Waals surface area contributed by atoms with E-state index in [1.165, 1.54) is 13.2 Å². The number of halogens is 1. The molecule has 0 radical (unpaired) electrons. The Morgan fingerprint density at radius 1 is 1.33 bits per heavy atom. The van der Waals surface area contributed by atoms with E-state index in [0.29, 0.717) is 23.8 Å². The highest BCUT2D eigenvalue weighted by molar-refractivity contribution is 5.43. The van der Waals surface area contributed by atoms with Gasteiger partial charge in [-0.2, -0.15) is 9.97 Å². The molecule has 2 aromatic rings. The molecule has 0 spiro atoms. The van der Waals surface area contributed by atoms with Gasteiger partial charge in [0.05, 0.1) is 7.11 Å². The fraction of sp³-hybridized carbons (Fsp3) is 0.167. The maximum absolute atomic E-state index is 13.4. The van der Waals surface area contributed by atoms with Crippen LogP contribution in [0, 0.1) is 5.82 Å². The predicted molar refractivity (Wildman–Crippen MR) is 66.7 cm³/mol. The molecule has 0 bridgehead atoms. The molecule has 0 aliphatic heterocycles. The Balaban J connectivity index is 2.11. The minimum atomic E-state index is -0.265. The molecule has 5 nitrogen and oxygen atoms in total. The van der Waals surface area contributed by atoms with Crippen LogP contribution in [-0.4, -0.2) is 17.1 Å². The summed E-state index contributed by atoms with van der Waals surface area (Å²) < 4.78 is 18.4. The van der Waals surface area contributed by atoms with Gasteiger partial charge < -0.3 is 15.8 Å². The summed E-state index contributed by atoms with van der Waals surface area (Å²) in [5.74, 6) is 0.686. The van der Waals surface area contributed by atoms with Crippen LogP contribution in [-0.2, 0) is 6.54 Å².